The molecule has 6 heteroatoms. The minimum atomic E-state index is -0.0311. The first-order valence-corrected chi connectivity index (χ1v) is 10.6. The lowest BCUT2D eigenvalue weighted by Gasteiger charge is -2.28. The fourth-order valence-corrected chi connectivity index (χ4v) is 4.65. The lowest BCUT2D eigenvalue weighted by Crippen LogP contribution is -2.29. The van der Waals surface area contributed by atoms with Crippen LogP contribution in [0.2, 0.25) is 0 Å². The number of benzene rings is 1. The SMILES string of the molecule is COCCn1c(C)cc([C@H]2[C@@H](c3ccccn3)NC(=S)N2c2ccc(C)cc2)c1C. The molecule has 0 saturated carbocycles. The summed E-state index contributed by atoms with van der Waals surface area (Å²) in [6, 6.07) is 16.8. The monoisotopic (exact) mass is 420 g/mol. The van der Waals surface area contributed by atoms with Gasteiger partial charge in [0.1, 0.15) is 0 Å². The lowest BCUT2D eigenvalue weighted by atomic mass is 9.96. The van der Waals surface area contributed by atoms with Crippen LogP contribution >= 0.6 is 12.2 Å². The van der Waals surface area contributed by atoms with E-state index in [9.17, 15) is 0 Å². The molecule has 4 rings (SSSR count). The maximum Gasteiger partial charge on any atom is 0.174 e. The summed E-state index contributed by atoms with van der Waals surface area (Å²) < 4.78 is 7.65. The highest BCUT2D eigenvalue weighted by Crippen LogP contribution is 2.43. The molecule has 1 aliphatic heterocycles. The summed E-state index contributed by atoms with van der Waals surface area (Å²) >= 11 is 5.82. The number of hydrogen-bond acceptors (Lipinski definition) is 3. The first kappa shape index (κ1) is 20.6. The Bertz CT molecular complexity index is 1030. The van der Waals surface area contributed by atoms with Crippen molar-refractivity contribution in [3.63, 3.8) is 0 Å². The Balaban J connectivity index is 1.83. The number of pyridine rings is 1. The highest BCUT2D eigenvalue weighted by atomic mass is 32.1. The number of anilines is 1. The van der Waals surface area contributed by atoms with Gasteiger partial charge in [0.15, 0.2) is 5.11 Å². The minimum absolute atomic E-state index is 0.0117. The summed E-state index contributed by atoms with van der Waals surface area (Å²) in [4.78, 5) is 6.88. The van der Waals surface area contributed by atoms with E-state index in [1.807, 2.05) is 18.3 Å². The topological polar surface area (TPSA) is 42.3 Å². The third kappa shape index (κ3) is 3.73. The first-order chi connectivity index (χ1) is 14.5. The molecule has 2 aromatic heterocycles. The summed E-state index contributed by atoms with van der Waals surface area (Å²) in [5.74, 6) is 0. The van der Waals surface area contributed by atoms with Crippen molar-refractivity contribution in [3.8, 4) is 0 Å². The molecular formula is C24H28N4OS. The average molecular weight is 421 g/mol. The van der Waals surface area contributed by atoms with Crippen molar-refractivity contribution in [2.75, 3.05) is 18.6 Å². The third-order valence-electron chi connectivity index (χ3n) is 5.86. The number of rotatable bonds is 6. The highest BCUT2D eigenvalue weighted by Gasteiger charge is 2.42. The van der Waals surface area contributed by atoms with Crippen LogP contribution in [0.15, 0.2) is 54.7 Å². The van der Waals surface area contributed by atoms with Gasteiger partial charge in [-0.15, -0.1) is 0 Å². The predicted octanol–water partition coefficient (Wildman–Crippen LogP) is 4.63. The van der Waals surface area contributed by atoms with Crippen molar-refractivity contribution in [2.24, 2.45) is 0 Å². The summed E-state index contributed by atoms with van der Waals surface area (Å²) in [6.07, 6.45) is 1.84. The molecule has 30 heavy (non-hydrogen) atoms. The van der Waals surface area contributed by atoms with Gasteiger partial charge in [0.25, 0.3) is 0 Å². The number of nitrogens with zero attached hydrogens (tertiary/aromatic N) is 3. The average Bonchev–Trinajstić information content (AvgIpc) is 3.23. The quantitative estimate of drug-likeness (QED) is 0.589. The van der Waals surface area contributed by atoms with E-state index in [1.54, 1.807) is 7.11 Å². The van der Waals surface area contributed by atoms with Gasteiger partial charge in [-0.3, -0.25) is 4.98 Å². The molecule has 3 heterocycles. The molecule has 1 saturated heterocycles. The Morgan fingerprint density at radius 1 is 1.10 bits per heavy atom. The molecule has 1 aliphatic rings. The molecular weight excluding hydrogens is 392 g/mol. The van der Waals surface area contributed by atoms with Gasteiger partial charge >= 0.3 is 0 Å². The van der Waals surface area contributed by atoms with E-state index >= 15 is 0 Å². The molecule has 0 spiro atoms. The van der Waals surface area contributed by atoms with Crippen LogP contribution in [-0.4, -0.2) is 28.4 Å². The van der Waals surface area contributed by atoms with Crippen LogP contribution < -0.4 is 10.2 Å². The van der Waals surface area contributed by atoms with E-state index in [4.69, 9.17) is 17.0 Å². The van der Waals surface area contributed by atoms with Crippen LogP contribution in [0.1, 0.15) is 40.3 Å². The molecule has 0 radical (unpaired) electrons. The second-order valence-corrected chi connectivity index (χ2v) is 8.19. The van der Waals surface area contributed by atoms with Crippen molar-refractivity contribution in [1.82, 2.24) is 14.9 Å². The van der Waals surface area contributed by atoms with Gasteiger partial charge in [0.05, 0.1) is 24.4 Å². The first-order valence-electron chi connectivity index (χ1n) is 10.2. The van der Waals surface area contributed by atoms with Crippen molar-refractivity contribution < 1.29 is 4.74 Å². The Hall–Kier alpha value is -2.70. The van der Waals surface area contributed by atoms with Gasteiger partial charge in [0.2, 0.25) is 0 Å². The molecule has 2 atom stereocenters. The van der Waals surface area contributed by atoms with Gasteiger partial charge in [-0.05, 0) is 68.9 Å². The van der Waals surface area contributed by atoms with Crippen LogP contribution in [0.5, 0.6) is 0 Å². The summed E-state index contributed by atoms with van der Waals surface area (Å²) in [7, 11) is 1.74. The van der Waals surface area contributed by atoms with Gasteiger partial charge in [-0.2, -0.15) is 0 Å². The second kappa shape index (κ2) is 8.58. The molecule has 0 unspecified atom stereocenters. The smallest absolute Gasteiger partial charge is 0.174 e. The Kier molecular flexibility index (Phi) is 5.88. The fraction of sp³-hybridized carbons (Fsp3) is 0.333. The van der Waals surface area contributed by atoms with Crippen molar-refractivity contribution >= 4 is 23.0 Å². The van der Waals surface area contributed by atoms with Gasteiger partial charge in [-0.1, -0.05) is 23.8 Å². The minimum Gasteiger partial charge on any atom is -0.383 e. The molecule has 0 bridgehead atoms. The van der Waals surface area contributed by atoms with Crippen LogP contribution in [-0.2, 0) is 11.3 Å². The Morgan fingerprint density at radius 3 is 2.53 bits per heavy atom. The molecule has 156 valence electrons. The van der Waals surface area contributed by atoms with E-state index in [1.165, 1.54) is 22.5 Å². The molecule has 1 aromatic carbocycles. The van der Waals surface area contributed by atoms with Crippen molar-refractivity contribution in [1.29, 1.82) is 0 Å². The molecule has 0 aliphatic carbocycles. The van der Waals surface area contributed by atoms with E-state index < -0.39 is 0 Å². The third-order valence-corrected chi connectivity index (χ3v) is 6.18. The maximum absolute atomic E-state index is 5.82. The van der Waals surface area contributed by atoms with E-state index in [0.717, 1.165) is 23.0 Å². The Labute approximate surface area is 183 Å². The number of hydrogen-bond donors (Lipinski definition) is 1. The van der Waals surface area contributed by atoms with Crippen molar-refractivity contribution in [2.45, 2.75) is 39.4 Å². The standard InChI is InChI=1S/C24H28N4OS/c1-16-8-10-19(11-9-16)28-23(20-15-17(2)27(18(20)3)13-14-29-4)22(26-24(28)30)21-7-5-6-12-25-21/h5-12,15,22-23H,13-14H2,1-4H3,(H,26,30)/t22-,23+/m1/s1. The van der Waals surface area contributed by atoms with Crippen molar-refractivity contribution in [3.05, 3.63) is 82.9 Å². The molecule has 0 amide bonds. The number of thiocarbonyl (C=S) groups is 1. The molecule has 1 N–H and O–H groups in total. The van der Waals surface area contributed by atoms with E-state index in [0.29, 0.717) is 6.61 Å². The van der Waals surface area contributed by atoms with Crippen LogP contribution in [0.4, 0.5) is 5.69 Å². The predicted molar refractivity (Wildman–Crippen MR) is 125 cm³/mol. The summed E-state index contributed by atoms with van der Waals surface area (Å²) in [5.41, 5.74) is 7.02. The fourth-order valence-electron chi connectivity index (χ4n) is 4.31. The number of nitrogens with one attached hydrogen (secondary N) is 1. The normalized spacial score (nSPS) is 18.7. The van der Waals surface area contributed by atoms with Gasteiger partial charge in [-0.25, -0.2) is 0 Å². The molecule has 5 nitrogen and oxygen atoms in total. The zero-order valence-corrected chi connectivity index (χ0v) is 18.7. The van der Waals surface area contributed by atoms with Gasteiger partial charge < -0.3 is 19.5 Å². The summed E-state index contributed by atoms with van der Waals surface area (Å²) in [6.45, 7) is 7.95. The largest absolute Gasteiger partial charge is 0.383 e. The zero-order valence-electron chi connectivity index (χ0n) is 17.9. The van der Waals surface area contributed by atoms with Crippen LogP contribution in [0.25, 0.3) is 0 Å². The van der Waals surface area contributed by atoms with Crippen LogP contribution in [0.3, 0.4) is 0 Å². The lowest BCUT2D eigenvalue weighted by molar-refractivity contribution is 0.186. The Morgan fingerprint density at radius 2 is 1.87 bits per heavy atom. The zero-order chi connectivity index (χ0) is 21.3. The summed E-state index contributed by atoms with van der Waals surface area (Å²) in [5, 5.41) is 4.27. The van der Waals surface area contributed by atoms with E-state index in [2.05, 4.69) is 76.9 Å². The maximum atomic E-state index is 5.82. The van der Waals surface area contributed by atoms with E-state index in [-0.39, 0.29) is 12.1 Å². The number of methoxy groups -OCH3 is 1. The number of ether oxygens (including phenoxy) is 1. The number of aromatic nitrogens is 2. The van der Waals surface area contributed by atoms with Crippen LogP contribution in [0, 0.1) is 20.8 Å². The number of aryl methyl sites for hydroxylation is 2. The highest BCUT2D eigenvalue weighted by molar-refractivity contribution is 7.80. The molecule has 1 fully saturated rings. The second-order valence-electron chi connectivity index (χ2n) is 7.80. The molecule has 3 aromatic rings. The van der Waals surface area contributed by atoms with Gasteiger partial charge in [0, 0.05) is 36.9 Å².